The Hall–Kier alpha value is -2.43. The largest absolute Gasteiger partial charge is 0.339 e. The van der Waals surface area contributed by atoms with Gasteiger partial charge in [-0.15, -0.1) is 0 Å². The van der Waals surface area contributed by atoms with Crippen molar-refractivity contribution < 1.29 is 9.18 Å². The van der Waals surface area contributed by atoms with Crippen LogP contribution >= 0.6 is 0 Å². The van der Waals surface area contributed by atoms with Gasteiger partial charge in [0.05, 0.1) is 0 Å². The Kier molecular flexibility index (Phi) is 5.47. The standard InChI is InChI=1S/C17H19FN2O2/c1-2-19(13-14-6-5-7-15(18)12-14)17(22)9-11-20-10-4-3-8-16(20)21/h3-8,10,12H,2,9,11,13H2,1H3. The zero-order chi connectivity index (χ0) is 15.9. The Morgan fingerprint density at radius 1 is 1.23 bits per heavy atom. The Morgan fingerprint density at radius 3 is 2.73 bits per heavy atom. The summed E-state index contributed by atoms with van der Waals surface area (Å²) in [4.78, 5) is 25.5. The molecule has 1 heterocycles. The van der Waals surface area contributed by atoms with Crippen LogP contribution in [0.3, 0.4) is 0 Å². The van der Waals surface area contributed by atoms with E-state index in [0.717, 1.165) is 5.56 Å². The molecule has 2 aromatic rings. The van der Waals surface area contributed by atoms with Crippen LogP contribution in [0.5, 0.6) is 0 Å². The minimum Gasteiger partial charge on any atom is -0.339 e. The van der Waals surface area contributed by atoms with Crippen LogP contribution in [0.2, 0.25) is 0 Å². The molecule has 5 heteroatoms. The van der Waals surface area contributed by atoms with Crippen LogP contribution in [0.1, 0.15) is 18.9 Å². The summed E-state index contributed by atoms with van der Waals surface area (Å²) in [5.41, 5.74) is 0.635. The monoisotopic (exact) mass is 302 g/mol. The first-order valence-corrected chi connectivity index (χ1v) is 7.28. The van der Waals surface area contributed by atoms with Crippen molar-refractivity contribution in [3.05, 3.63) is 70.4 Å². The van der Waals surface area contributed by atoms with E-state index in [1.54, 1.807) is 35.4 Å². The van der Waals surface area contributed by atoms with Gasteiger partial charge in [-0.3, -0.25) is 9.59 Å². The first-order valence-electron chi connectivity index (χ1n) is 7.28. The molecule has 0 aliphatic rings. The average Bonchev–Trinajstić information content (AvgIpc) is 2.51. The van der Waals surface area contributed by atoms with Gasteiger partial charge in [-0.2, -0.15) is 0 Å². The Bertz CT molecular complexity index is 697. The lowest BCUT2D eigenvalue weighted by Gasteiger charge is -2.21. The number of benzene rings is 1. The smallest absolute Gasteiger partial charge is 0.250 e. The average molecular weight is 302 g/mol. The van der Waals surface area contributed by atoms with E-state index in [-0.39, 0.29) is 23.7 Å². The van der Waals surface area contributed by atoms with Gasteiger partial charge in [0, 0.05) is 38.3 Å². The van der Waals surface area contributed by atoms with Gasteiger partial charge in [-0.1, -0.05) is 18.2 Å². The lowest BCUT2D eigenvalue weighted by atomic mass is 10.2. The molecule has 0 saturated carbocycles. The number of aryl methyl sites for hydroxylation is 1. The van der Waals surface area contributed by atoms with E-state index in [2.05, 4.69) is 0 Å². The van der Waals surface area contributed by atoms with Gasteiger partial charge < -0.3 is 9.47 Å². The molecule has 0 saturated heterocycles. The molecule has 1 aromatic carbocycles. The third-order valence-corrected chi connectivity index (χ3v) is 3.46. The van der Waals surface area contributed by atoms with Crippen LogP contribution in [0, 0.1) is 5.82 Å². The maximum Gasteiger partial charge on any atom is 0.250 e. The quantitative estimate of drug-likeness (QED) is 0.822. The summed E-state index contributed by atoms with van der Waals surface area (Å²) < 4.78 is 14.7. The number of hydrogen-bond acceptors (Lipinski definition) is 2. The Labute approximate surface area is 128 Å². The zero-order valence-corrected chi connectivity index (χ0v) is 12.5. The topological polar surface area (TPSA) is 42.3 Å². The molecule has 0 radical (unpaired) electrons. The molecule has 1 amide bonds. The number of nitrogens with zero attached hydrogens (tertiary/aromatic N) is 2. The highest BCUT2D eigenvalue weighted by Crippen LogP contribution is 2.08. The second kappa shape index (κ2) is 7.54. The van der Waals surface area contributed by atoms with Gasteiger partial charge in [-0.25, -0.2) is 4.39 Å². The normalized spacial score (nSPS) is 10.5. The summed E-state index contributed by atoms with van der Waals surface area (Å²) in [7, 11) is 0. The first-order chi connectivity index (χ1) is 10.6. The predicted octanol–water partition coefficient (Wildman–Crippen LogP) is 2.43. The summed E-state index contributed by atoms with van der Waals surface area (Å²) in [5, 5.41) is 0. The molecular weight excluding hydrogens is 283 g/mol. The van der Waals surface area contributed by atoms with Crippen molar-refractivity contribution in [1.82, 2.24) is 9.47 Å². The summed E-state index contributed by atoms with van der Waals surface area (Å²) in [6.45, 7) is 3.14. The number of aromatic nitrogens is 1. The van der Waals surface area contributed by atoms with Crippen molar-refractivity contribution in [2.75, 3.05) is 6.54 Å². The van der Waals surface area contributed by atoms with Crippen molar-refractivity contribution in [2.24, 2.45) is 0 Å². The van der Waals surface area contributed by atoms with Crippen molar-refractivity contribution in [3.8, 4) is 0 Å². The van der Waals surface area contributed by atoms with Crippen molar-refractivity contribution in [1.29, 1.82) is 0 Å². The first kappa shape index (κ1) is 15.9. The van der Waals surface area contributed by atoms with Crippen molar-refractivity contribution >= 4 is 5.91 Å². The molecule has 1 aromatic heterocycles. The lowest BCUT2D eigenvalue weighted by Crippen LogP contribution is -2.32. The molecular formula is C17H19FN2O2. The van der Waals surface area contributed by atoms with Gasteiger partial charge >= 0.3 is 0 Å². The number of carbonyl (C=O) groups excluding carboxylic acids is 1. The summed E-state index contributed by atoms with van der Waals surface area (Å²) in [6.07, 6.45) is 1.91. The fraction of sp³-hybridized carbons (Fsp3) is 0.294. The van der Waals surface area contributed by atoms with E-state index < -0.39 is 0 Å². The Balaban J connectivity index is 1.97. The third-order valence-electron chi connectivity index (χ3n) is 3.46. The molecule has 22 heavy (non-hydrogen) atoms. The number of halogens is 1. The Morgan fingerprint density at radius 2 is 2.05 bits per heavy atom. The summed E-state index contributed by atoms with van der Waals surface area (Å²) >= 11 is 0. The van der Waals surface area contributed by atoms with Crippen LogP contribution in [0.25, 0.3) is 0 Å². The highest BCUT2D eigenvalue weighted by molar-refractivity contribution is 5.76. The van der Waals surface area contributed by atoms with E-state index in [9.17, 15) is 14.0 Å². The van der Waals surface area contributed by atoms with E-state index in [1.165, 1.54) is 22.8 Å². The van der Waals surface area contributed by atoms with Crippen molar-refractivity contribution in [3.63, 3.8) is 0 Å². The fourth-order valence-corrected chi connectivity index (χ4v) is 2.25. The second-order valence-electron chi connectivity index (χ2n) is 5.02. The highest BCUT2D eigenvalue weighted by atomic mass is 19.1. The van der Waals surface area contributed by atoms with E-state index in [0.29, 0.717) is 19.6 Å². The van der Waals surface area contributed by atoms with E-state index in [1.807, 2.05) is 6.92 Å². The van der Waals surface area contributed by atoms with Gasteiger partial charge in [0.15, 0.2) is 0 Å². The van der Waals surface area contributed by atoms with Crippen LogP contribution < -0.4 is 5.56 Å². The van der Waals surface area contributed by atoms with Crippen LogP contribution in [-0.4, -0.2) is 21.9 Å². The molecule has 0 spiro atoms. The minimum atomic E-state index is -0.308. The molecule has 0 aliphatic carbocycles. The maximum atomic E-state index is 13.2. The lowest BCUT2D eigenvalue weighted by molar-refractivity contribution is -0.131. The van der Waals surface area contributed by atoms with Crippen LogP contribution in [0.15, 0.2) is 53.5 Å². The number of rotatable bonds is 6. The highest BCUT2D eigenvalue weighted by Gasteiger charge is 2.12. The minimum absolute atomic E-state index is 0.0532. The number of hydrogen-bond donors (Lipinski definition) is 0. The predicted molar refractivity (Wildman–Crippen MR) is 82.8 cm³/mol. The summed E-state index contributed by atoms with van der Waals surface area (Å²) in [6, 6.07) is 11.1. The molecule has 0 fully saturated rings. The maximum absolute atomic E-state index is 13.2. The SMILES string of the molecule is CCN(Cc1cccc(F)c1)C(=O)CCn1ccccc1=O. The van der Waals surface area contributed by atoms with Gasteiger partial charge in [0.2, 0.25) is 5.91 Å². The number of carbonyl (C=O) groups is 1. The molecule has 0 aliphatic heterocycles. The van der Waals surface area contributed by atoms with Crippen molar-refractivity contribution in [2.45, 2.75) is 26.4 Å². The molecule has 0 N–H and O–H groups in total. The van der Waals surface area contributed by atoms with E-state index >= 15 is 0 Å². The zero-order valence-electron chi connectivity index (χ0n) is 12.5. The molecule has 116 valence electrons. The number of pyridine rings is 1. The third kappa shape index (κ3) is 4.28. The molecule has 0 atom stereocenters. The van der Waals surface area contributed by atoms with Crippen LogP contribution in [-0.2, 0) is 17.9 Å². The molecule has 4 nitrogen and oxygen atoms in total. The van der Waals surface area contributed by atoms with Gasteiger partial charge in [0.1, 0.15) is 5.82 Å². The van der Waals surface area contributed by atoms with Gasteiger partial charge in [0.25, 0.3) is 5.56 Å². The molecule has 0 unspecified atom stereocenters. The van der Waals surface area contributed by atoms with Gasteiger partial charge in [-0.05, 0) is 30.7 Å². The molecule has 2 rings (SSSR count). The number of amides is 1. The summed E-state index contributed by atoms with van der Waals surface area (Å²) in [5.74, 6) is -0.362. The second-order valence-corrected chi connectivity index (χ2v) is 5.02. The fourth-order valence-electron chi connectivity index (χ4n) is 2.25. The van der Waals surface area contributed by atoms with E-state index in [4.69, 9.17) is 0 Å². The molecule has 0 bridgehead atoms. The van der Waals surface area contributed by atoms with Crippen LogP contribution in [0.4, 0.5) is 4.39 Å².